The molecule has 0 spiro atoms. The smallest absolute Gasteiger partial charge is 0.362 e. The summed E-state index contributed by atoms with van der Waals surface area (Å²) in [5.74, 6) is -3.30. The van der Waals surface area contributed by atoms with E-state index in [-0.39, 0.29) is 20.8 Å². The fourth-order valence-corrected chi connectivity index (χ4v) is 3.68. The number of rotatable bonds is 7. The normalized spacial score (nSPS) is 20.0. The van der Waals surface area contributed by atoms with Crippen molar-refractivity contribution in [3.63, 3.8) is 0 Å². The molecule has 1 aromatic heterocycles. The van der Waals surface area contributed by atoms with Crippen LogP contribution < -0.4 is 16.8 Å². The summed E-state index contributed by atoms with van der Waals surface area (Å²) in [6.07, 6.45) is 0. The Morgan fingerprint density at radius 1 is 1.52 bits per heavy atom. The van der Waals surface area contributed by atoms with Crippen LogP contribution in [0.25, 0.3) is 0 Å². The van der Waals surface area contributed by atoms with Gasteiger partial charge >= 0.3 is 10.3 Å². The molecule has 1 fully saturated rings. The van der Waals surface area contributed by atoms with Gasteiger partial charge in [0.1, 0.15) is 24.9 Å². The molecule has 13 nitrogen and oxygen atoms in total. The summed E-state index contributed by atoms with van der Waals surface area (Å²) >= 11 is 1.02. The number of nitrogen functional groups attached to an aromatic ring is 1. The quantitative estimate of drug-likeness (QED) is 0.122. The fourth-order valence-electron chi connectivity index (χ4n) is 2.25. The van der Waals surface area contributed by atoms with Crippen LogP contribution in [0, 0.1) is 0 Å². The Bertz CT molecular complexity index is 953. The SMILES string of the molecule is C=C(C(N)=O)C1C(NC(=O)/C(=N\OC)c2csc(N)n2)C(=O)N1S(=O)(=O)O. The average Bonchev–Trinajstić information content (AvgIpc) is 2.98. The van der Waals surface area contributed by atoms with Crippen LogP contribution in [0.15, 0.2) is 22.7 Å². The van der Waals surface area contributed by atoms with Gasteiger partial charge < -0.3 is 21.6 Å². The van der Waals surface area contributed by atoms with Crippen molar-refractivity contribution < 1.29 is 32.2 Å². The number of carbonyl (C=O) groups excluding carboxylic acids is 3. The van der Waals surface area contributed by atoms with Crippen molar-refractivity contribution in [2.75, 3.05) is 12.8 Å². The molecule has 2 heterocycles. The van der Waals surface area contributed by atoms with Gasteiger partial charge in [-0.05, 0) is 0 Å². The summed E-state index contributed by atoms with van der Waals surface area (Å²) in [5, 5.41) is 7.23. The summed E-state index contributed by atoms with van der Waals surface area (Å²) in [6.45, 7) is 3.30. The number of carbonyl (C=O) groups is 3. The van der Waals surface area contributed by atoms with Gasteiger partial charge in [0.15, 0.2) is 10.8 Å². The van der Waals surface area contributed by atoms with E-state index in [4.69, 9.17) is 16.0 Å². The first-order valence-corrected chi connectivity index (χ1v) is 9.19. The summed E-state index contributed by atoms with van der Waals surface area (Å²) in [7, 11) is -3.85. The zero-order valence-electron chi connectivity index (χ0n) is 13.6. The molecular formula is C12H14N6O7S2. The number of hydrogen-bond acceptors (Lipinski definition) is 10. The topological polar surface area (TPSA) is 207 Å². The highest BCUT2D eigenvalue weighted by Gasteiger charge is 2.56. The predicted molar refractivity (Wildman–Crippen MR) is 92.5 cm³/mol. The number of anilines is 1. The minimum absolute atomic E-state index is 0.0149. The van der Waals surface area contributed by atoms with Crippen molar-refractivity contribution in [1.29, 1.82) is 0 Å². The third-order valence-electron chi connectivity index (χ3n) is 3.42. The Hall–Kier alpha value is -3.04. The van der Waals surface area contributed by atoms with E-state index >= 15 is 0 Å². The van der Waals surface area contributed by atoms with E-state index in [1.54, 1.807) is 0 Å². The van der Waals surface area contributed by atoms with Gasteiger partial charge in [0.2, 0.25) is 5.91 Å². The number of aromatic nitrogens is 1. The number of amides is 3. The van der Waals surface area contributed by atoms with E-state index in [0.717, 1.165) is 18.4 Å². The van der Waals surface area contributed by atoms with Gasteiger partial charge in [-0.2, -0.15) is 8.42 Å². The number of β-lactam (4-membered cyclic amide) rings is 1. The number of thiazole rings is 1. The first kappa shape index (κ1) is 20.3. The summed E-state index contributed by atoms with van der Waals surface area (Å²) in [5.41, 5.74) is 9.73. The highest BCUT2D eigenvalue weighted by molar-refractivity contribution is 7.84. The molecule has 0 aromatic carbocycles. The maximum atomic E-state index is 12.5. The molecule has 2 rings (SSSR count). The van der Waals surface area contributed by atoms with E-state index in [1.165, 1.54) is 5.38 Å². The minimum atomic E-state index is -5.01. The first-order valence-electron chi connectivity index (χ1n) is 6.91. The van der Waals surface area contributed by atoms with Crippen LogP contribution in [0.4, 0.5) is 5.13 Å². The monoisotopic (exact) mass is 418 g/mol. The van der Waals surface area contributed by atoms with E-state index < -0.39 is 45.7 Å². The van der Waals surface area contributed by atoms with Crippen molar-refractivity contribution >= 4 is 50.2 Å². The second kappa shape index (κ2) is 7.29. The number of nitrogens with two attached hydrogens (primary N) is 2. The van der Waals surface area contributed by atoms with Crippen molar-refractivity contribution in [3.05, 3.63) is 23.2 Å². The van der Waals surface area contributed by atoms with E-state index in [1.807, 2.05) is 0 Å². The molecule has 2 unspecified atom stereocenters. The highest BCUT2D eigenvalue weighted by Crippen LogP contribution is 2.28. The molecule has 1 saturated heterocycles. The van der Waals surface area contributed by atoms with Crippen LogP contribution in [0.3, 0.4) is 0 Å². The minimum Gasteiger partial charge on any atom is -0.398 e. The first-order chi connectivity index (χ1) is 12.5. The van der Waals surface area contributed by atoms with E-state index in [0.29, 0.717) is 0 Å². The molecule has 2 atom stereocenters. The van der Waals surface area contributed by atoms with Gasteiger partial charge in [0.25, 0.3) is 11.8 Å². The third kappa shape index (κ3) is 3.88. The van der Waals surface area contributed by atoms with Gasteiger partial charge in [0, 0.05) is 11.0 Å². The van der Waals surface area contributed by atoms with Gasteiger partial charge in [-0.15, -0.1) is 11.3 Å². The molecule has 1 aliphatic heterocycles. The molecule has 27 heavy (non-hydrogen) atoms. The summed E-state index contributed by atoms with van der Waals surface area (Å²) in [6, 6.07) is -3.14. The Morgan fingerprint density at radius 2 is 2.15 bits per heavy atom. The van der Waals surface area contributed by atoms with Crippen LogP contribution in [0.1, 0.15) is 5.69 Å². The molecule has 0 aliphatic carbocycles. The number of nitrogens with one attached hydrogen (secondary N) is 1. The summed E-state index contributed by atoms with van der Waals surface area (Å²) in [4.78, 5) is 44.3. The van der Waals surface area contributed by atoms with Crippen molar-refractivity contribution in [3.8, 4) is 0 Å². The fraction of sp³-hybridized carbons (Fsp3) is 0.250. The van der Waals surface area contributed by atoms with Crippen LogP contribution in [0.2, 0.25) is 0 Å². The van der Waals surface area contributed by atoms with Crippen LogP contribution in [-0.2, 0) is 29.5 Å². The zero-order valence-corrected chi connectivity index (χ0v) is 15.3. The Labute approximate surface area is 156 Å². The largest absolute Gasteiger partial charge is 0.398 e. The van der Waals surface area contributed by atoms with Crippen molar-refractivity contribution in [2.24, 2.45) is 10.9 Å². The van der Waals surface area contributed by atoms with Gasteiger partial charge in [-0.25, -0.2) is 9.29 Å². The lowest BCUT2D eigenvalue weighted by Gasteiger charge is -2.44. The molecule has 15 heteroatoms. The lowest BCUT2D eigenvalue weighted by Crippen LogP contribution is -2.73. The van der Waals surface area contributed by atoms with Crippen LogP contribution in [-0.4, -0.2) is 64.9 Å². The number of oxime groups is 1. The third-order valence-corrected chi connectivity index (χ3v) is 5.00. The summed E-state index contributed by atoms with van der Waals surface area (Å²) < 4.78 is 31.8. The highest BCUT2D eigenvalue weighted by atomic mass is 32.2. The molecule has 6 N–H and O–H groups in total. The second-order valence-electron chi connectivity index (χ2n) is 5.09. The predicted octanol–water partition coefficient (Wildman–Crippen LogP) is -2.38. The maximum absolute atomic E-state index is 12.5. The van der Waals surface area contributed by atoms with Crippen molar-refractivity contribution in [2.45, 2.75) is 12.1 Å². The lowest BCUT2D eigenvalue weighted by atomic mass is 9.91. The standard InChI is InChI=1S/C12H14N6O7S2/c1-4(9(13)19)8-7(11(21)18(8)27(22,23)24)16-10(20)6(17-25-2)5-3-26-12(14)15-5/h3,7-8H,1H2,2H3,(H2,13,19)(H2,14,15)(H,16,20)(H,22,23,24)/b17-6-. The van der Waals surface area contributed by atoms with E-state index in [2.05, 4.69) is 26.9 Å². The van der Waals surface area contributed by atoms with Gasteiger partial charge in [-0.3, -0.25) is 18.9 Å². The molecule has 0 bridgehead atoms. The van der Waals surface area contributed by atoms with E-state index in [9.17, 15) is 22.8 Å². The second-order valence-corrected chi connectivity index (χ2v) is 7.27. The molecular weight excluding hydrogens is 404 g/mol. The van der Waals surface area contributed by atoms with Gasteiger partial charge in [-0.1, -0.05) is 11.7 Å². The maximum Gasteiger partial charge on any atom is 0.362 e. The Balaban J connectivity index is 2.32. The number of primary amides is 1. The van der Waals surface area contributed by atoms with Crippen LogP contribution in [0.5, 0.6) is 0 Å². The Morgan fingerprint density at radius 3 is 2.59 bits per heavy atom. The molecule has 1 aromatic rings. The molecule has 146 valence electrons. The van der Waals surface area contributed by atoms with Crippen LogP contribution >= 0.6 is 11.3 Å². The Kier molecular flexibility index (Phi) is 5.48. The zero-order chi connectivity index (χ0) is 20.5. The molecule has 0 saturated carbocycles. The average molecular weight is 418 g/mol. The van der Waals surface area contributed by atoms with Crippen molar-refractivity contribution in [1.82, 2.24) is 14.6 Å². The lowest BCUT2D eigenvalue weighted by molar-refractivity contribution is -0.143. The molecule has 3 amide bonds. The molecule has 0 radical (unpaired) electrons. The number of nitrogens with zero attached hydrogens (tertiary/aromatic N) is 3. The van der Waals surface area contributed by atoms with Gasteiger partial charge in [0.05, 0.1) is 0 Å². The molecule has 1 aliphatic rings. The number of hydrogen-bond donors (Lipinski definition) is 4.